The van der Waals surface area contributed by atoms with Gasteiger partial charge in [0.2, 0.25) is 5.91 Å². The van der Waals surface area contributed by atoms with E-state index < -0.39 is 11.6 Å². The maximum Gasteiger partial charge on any atom is 0.243 e. The van der Waals surface area contributed by atoms with Gasteiger partial charge in [-0.1, -0.05) is 0 Å². The van der Waals surface area contributed by atoms with Crippen molar-refractivity contribution in [3.05, 3.63) is 35.4 Å². The van der Waals surface area contributed by atoms with Gasteiger partial charge in [-0.3, -0.25) is 4.79 Å². The molecule has 0 aromatic heterocycles. The minimum atomic E-state index is -0.464. The smallest absolute Gasteiger partial charge is 0.243 e. The number of likely N-dealkylation sites (N-methyl/N-ethyl adjacent to an activating group) is 1. The lowest BCUT2D eigenvalue weighted by atomic mass is 10.1. The molecular formula is C15H22F2N4O. The highest BCUT2D eigenvalue weighted by molar-refractivity contribution is 5.84. The molecule has 0 aliphatic carbocycles. The number of hydrogen-bond donors (Lipinski definition) is 2. The first-order chi connectivity index (χ1) is 10.4. The van der Waals surface area contributed by atoms with Crippen LogP contribution in [-0.4, -0.2) is 50.5 Å². The van der Waals surface area contributed by atoms with Crippen molar-refractivity contribution in [1.29, 1.82) is 0 Å². The Bertz CT molecular complexity index is 532. The van der Waals surface area contributed by atoms with Gasteiger partial charge >= 0.3 is 0 Å². The molecule has 0 radical (unpaired) electrons. The van der Waals surface area contributed by atoms with Crippen molar-refractivity contribution in [3.8, 4) is 0 Å². The normalized spacial score (nSPS) is 11.2. The zero-order valence-corrected chi connectivity index (χ0v) is 13.1. The van der Waals surface area contributed by atoms with Crippen molar-refractivity contribution in [2.24, 2.45) is 4.99 Å². The van der Waals surface area contributed by atoms with E-state index in [1.165, 1.54) is 11.0 Å². The first-order valence-corrected chi connectivity index (χ1v) is 7.10. The molecule has 0 spiro atoms. The molecule has 7 heteroatoms. The number of carbonyl (C=O) groups is 1. The van der Waals surface area contributed by atoms with Gasteiger partial charge < -0.3 is 15.5 Å². The molecular weight excluding hydrogens is 290 g/mol. The van der Waals surface area contributed by atoms with Crippen LogP contribution >= 0.6 is 0 Å². The number of hydrogen-bond acceptors (Lipinski definition) is 2. The summed E-state index contributed by atoms with van der Waals surface area (Å²) in [6, 6.07) is 3.38. The molecule has 0 fully saturated rings. The molecule has 0 aliphatic heterocycles. The van der Waals surface area contributed by atoms with Crippen LogP contribution in [0, 0.1) is 11.6 Å². The number of nitrogens with zero attached hydrogens (tertiary/aromatic N) is 2. The Kier molecular flexibility index (Phi) is 7.28. The molecule has 0 aliphatic rings. The van der Waals surface area contributed by atoms with Crippen molar-refractivity contribution in [1.82, 2.24) is 15.5 Å². The molecule has 1 aromatic rings. The molecule has 2 N–H and O–H groups in total. The summed E-state index contributed by atoms with van der Waals surface area (Å²) < 4.78 is 26.6. The number of guanidine groups is 1. The van der Waals surface area contributed by atoms with E-state index >= 15 is 0 Å². The molecule has 122 valence electrons. The lowest BCUT2D eigenvalue weighted by Crippen LogP contribution is -2.39. The Morgan fingerprint density at radius 1 is 1.27 bits per heavy atom. The lowest BCUT2D eigenvalue weighted by molar-refractivity contribution is -0.127. The Balaban J connectivity index is 2.55. The van der Waals surface area contributed by atoms with E-state index in [1.807, 2.05) is 6.92 Å². The molecule has 0 heterocycles. The van der Waals surface area contributed by atoms with E-state index in [0.717, 1.165) is 12.1 Å². The molecule has 1 rings (SSSR count). The topological polar surface area (TPSA) is 56.7 Å². The fraction of sp³-hybridized carbons (Fsp3) is 0.467. The van der Waals surface area contributed by atoms with Gasteiger partial charge in [-0.05, 0) is 37.1 Å². The van der Waals surface area contributed by atoms with E-state index in [4.69, 9.17) is 0 Å². The Labute approximate surface area is 129 Å². The van der Waals surface area contributed by atoms with E-state index in [1.54, 1.807) is 14.1 Å². The third-order valence-corrected chi connectivity index (χ3v) is 2.91. The molecule has 1 aromatic carbocycles. The third-order valence-electron chi connectivity index (χ3n) is 2.91. The Morgan fingerprint density at radius 3 is 2.64 bits per heavy atom. The fourth-order valence-electron chi connectivity index (χ4n) is 1.68. The standard InChI is InChI=1S/C15H22F2N4O/c1-4-18-15(20-10-14(22)21(2)3)19-8-7-11-9-12(16)5-6-13(11)17/h5-6,9H,4,7-8,10H2,1-3H3,(H2,18,19,20). The first-order valence-electron chi connectivity index (χ1n) is 7.10. The molecule has 0 saturated carbocycles. The van der Waals surface area contributed by atoms with Crippen LogP contribution in [0.4, 0.5) is 8.78 Å². The number of halogens is 2. The average molecular weight is 312 g/mol. The zero-order chi connectivity index (χ0) is 16.5. The summed E-state index contributed by atoms with van der Waals surface area (Å²) in [4.78, 5) is 17.1. The van der Waals surface area contributed by atoms with E-state index in [9.17, 15) is 13.6 Å². The summed E-state index contributed by atoms with van der Waals surface area (Å²) in [6.45, 7) is 2.94. The van der Waals surface area contributed by atoms with Crippen molar-refractivity contribution in [2.75, 3.05) is 33.7 Å². The minimum Gasteiger partial charge on any atom is -0.357 e. The number of aliphatic imine (C=N–C) groups is 1. The highest BCUT2D eigenvalue weighted by Gasteiger charge is 2.06. The van der Waals surface area contributed by atoms with Crippen molar-refractivity contribution >= 4 is 11.9 Å². The molecule has 0 unspecified atom stereocenters. The monoisotopic (exact) mass is 312 g/mol. The van der Waals surface area contributed by atoms with E-state index in [-0.39, 0.29) is 12.5 Å². The van der Waals surface area contributed by atoms with Crippen molar-refractivity contribution in [3.63, 3.8) is 0 Å². The average Bonchev–Trinajstić information content (AvgIpc) is 2.47. The maximum atomic E-state index is 13.5. The second kappa shape index (κ2) is 8.96. The summed E-state index contributed by atoms with van der Waals surface area (Å²) in [6.07, 6.45) is 0.315. The van der Waals surface area contributed by atoms with Gasteiger partial charge in [0.25, 0.3) is 0 Å². The summed E-state index contributed by atoms with van der Waals surface area (Å²) in [7, 11) is 3.32. The third kappa shape index (κ3) is 6.07. The maximum absolute atomic E-state index is 13.5. The summed E-state index contributed by atoms with van der Waals surface area (Å²) in [5.74, 6) is -0.552. The van der Waals surface area contributed by atoms with Crippen LogP contribution in [0.25, 0.3) is 0 Å². The van der Waals surface area contributed by atoms with Gasteiger partial charge in [0, 0.05) is 27.2 Å². The van der Waals surface area contributed by atoms with Gasteiger partial charge in [0.05, 0.1) is 0 Å². The van der Waals surface area contributed by atoms with Crippen LogP contribution in [-0.2, 0) is 11.2 Å². The molecule has 0 saturated heterocycles. The number of nitrogens with one attached hydrogen (secondary N) is 2. The largest absolute Gasteiger partial charge is 0.357 e. The molecule has 5 nitrogen and oxygen atoms in total. The summed E-state index contributed by atoms with van der Waals surface area (Å²) in [5.41, 5.74) is 0.299. The second-order valence-corrected chi connectivity index (χ2v) is 4.90. The molecule has 0 bridgehead atoms. The SMILES string of the molecule is CCNC(=NCC(=O)N(C)C)NCCc1cc(F)ccc1F. The van der Waals surface area contributed by atoms with Crippen molar-refractivity contribution in [2.45, 2.75) is 13.3 Å². The van der Waals surface area contributed by atoms with Crippen LogP contribution in [0.2, 0.25) is 0 Å². The fourth-order valence-corrected chi connectivity index (χ4v) is 1.68. The van der Waals surface area contributed by atoms with Crippen molar-refractivity contribution < 1.29 is 13.6 Å². The van der Waals surface area contributed by atoms with Crippen LogP contribution in [0.5, 0.6) is 0 Å². The number of carbonyl (C=O) groups excluding carboxylic acids is 1. The second-order valence-electron chi connectivity index (χ2n) is 4.90. The Morgan fingerprint density at radius 2 is 2.00 bits per heavy atom. The van der Waals surface area contributed by atoms with E-state index in [2.05, 4.69) is 15.6 Å². The quantitative estimate of drug-likeness (QED) is 0.612. The van der Waals surface area contributed by atoms with Gasteiger partial charge in [0.15, 0.2) is 5.96 Å². The van der Waals surface area contributed by atoms with Gasteiger partial charge in [-0.15, -0.1) is 0 Å². The number of benzene rings is 1. The number of amides is 1. The Hall–Kier alpha value is -2.18. The van der Waals surface area contributed by atoms with Crippen LogP contribution < -0.4 is 10.6 Å². The van der Waals surface area contributed by atoms with E-state index in [0.29, 0.717) is 31.0 Å². The summed E-state index contributed by atoms with van der Waals surface area (Å²) >= 11 is 0. The predicted octanol–water partition coefficient (Wildman–Crippen LogP) is 1.15. The first kappa shape index (κ1) is 17.9. The lowest BCUT2D eigenvalue weighted by Gasteiger charge is -2.13. The molecule has 22 heavy (non-hydrogen) atoms. The predicted molar refractivity (Wildman–Crippen MR) is 82.7 cm³/mol. The minimum absolute atomic E-state index is 0.0245. The van der Waals surface area contributed by atoms with Crippen LogP contribution in [0.15, 0.2) is 23.2 Å². The van der Waals surface area contributed by atoms with Crippen LogP contribution in [0.3, 0.4) is 0 Å². The van der Waals surface area contributed by atoms with Gasteiger partial charge in [-0.2, -0.15) is 0 Å². The van der Waals surface area contributed by atoms with Gasteiger partial charge in [0.1, 0.15) is 18.2 Å². The molecule has 1 amide bonds. The summed E-state index contributed by atoms with van der Waals surface area (Å²) in [5, 5.41) is 5.98. The zero-order valence-electron chi connectivity index (χ0n) is 13.1. The van der Waals surface area contributed by atoms with Gasteiger partial charge in [-0.25, -0.2) is 13.8 Å². The highest BCUT2D eigenvalue weighted by atomic mass is 19.1. The number of rotatable bonds is 6. The van der Waals surface area contributed by atoms with Crippen LogP contribution in [0.1, 0.15) is 12.5 Å². The molecule has 0 atom stereocenters. The highest BCUT2D eigenvalue weighted by Crippen LogP contribution is 2.09.